The Hall–Kier alpha value is -0.760. The molecule has 82 valence electrons. The molecule has 0 fully saturated rings. The quantitative estimate of drug-likeness (QED) is 0.704. The molecular weight excluding hydrogens is 204 g/mol. The van der Waals surface area contributed by atoms with Crippen LogP contribution in [-0.4, -0.2) is 17.3 Å². The standard InChI is InChI=1S/C13H18OS/c1-2-15-11-13(14)10-6-9-12-7-4-3-5-8-12/h3-5,7-8H,2,6,9-11H2,1H3. The minimum atomic E-state index is 0.387. The molecule has 0 bridgehead atoms. The Labute approximate surface area is 96.3 Å². The molecule has 0 heterocycles. The van der Waals surface area contributed by atoms with Gasteiger partial charge in [0.1, 0.15) is 5.78 Å². The van der Waals surface area contributed by atoms with Gasteiger partial charge in [-0.3, -0.25) is 4.79 Å². The number of carbonyl (C=O) groups is 1. The highest BCUT2D eigenvalue weighted by molar-refractivity contribution is 7.99. The summed E-state index contributed by atoms with van der Waals surface area (Å²) in [5.41, 5.74) is 1.33. The lowest BCUT2D eigenvalue weighted by Crippen LogP contribution is -2.02. The van der Waals surface area contributed by atoms with Gasteiger partial charge in [0, 0.05) is 6.42 Å². The smallest absolute Gasteiger partial charge is 0.142 e. The van der Waals surface area contributed by atoms with E-state index in [2.05, 4.69) is 19.1 Å². The van der Waals surface area contributed by atoms with Crippen LogP contribution < -0.4 is 0 Å². The lowest BCUT2D eigenvalue weighted by Gasteiger charge is -2.01. The second-order valence-corrected chi connectivity index (χ2v) is 4.79. The fourth-order valence-electron chi connectivity index (χ4n) is 1.42. The van der Waals surface area contributed by atoms with Crippen LogP contribution in [0.4, 0.5) is 0 Å². The first kappa shape index (κ1) is 12.3. The number of hydrogen-bond acceptors (Lipinski definition) is 2. The number of aryl methyl sites for hydroxylation is 1. The summed E-state index contributed by atoms with van der Waals surface area (Å²) in [5.74, 6) is 2.10. The first-order valence-corrected chi connectivity index (χ1v) is 6.61. The van der Waals surface area contributed by atoms with Crippen LogP contribution in [0.5, 0.6) is 0 Å². The van der Waals surface area contributed by atoms with E-state index in [9.17, 15) is 4.79 Å². The zero-order valence-corrected chi connectivity index (χ0v) is 10.1. The van der Waals surface area contributed by atoms with E-state index in [-0.39, 0.29) is 0 Å². The van der Waals surface area contributed by atoms with Gasteiger partial charge in [-0.25, -0.2) is 0 Å². The van der Waals surface area contributed by atoms with E-state index in [1.54, 1.807) is 11.8 Å². The monoisotopic (exact) mass is 222 g/mol. The number of rotatable bonds is 7. The molecular formula is C13H18OS. The Morgan fingerprint density at radius 3 is 2.67 bits per heavy atom. The Morgan fingerprint density at radius 1 is 1.27 bits per heavy atom. The van der Waals surface area contributed by atoms with Crippen molar-refractivity contribution in [2.75, 3.05) is 11.5 Å². The largest absolute Gasteiger partial charge is 0.299 e. The van der Waals surface area contributed by atoms with Crippen LogP contribution in [0.1, 0.15) is 25.3 Å². The van der Waals surface area contributed by atoms with Crippen LogP contribution in [0.15, 0.2) is 30.3 Å². The van der Waals surface area contributed by atoms with Crippen LogP contribution in [-0.2, 0) is 11.2 Å². The summed E-state index contributed by atoms with van der Waals surface area (Å²) in [6.07, 6.45) is 2.72. The van der Waals surface area contributed by atoms with E-state index in [4.69, 9.17) is 0 Å². The predicted octanol–water partition coefficient (Wildman–Crippen LogP) is 3.33. The average Bonchev–Trinajstić information content (AvgIpc) is 2.28. The highest BCUT2D eigenvalue weighted by atomic mass is 32.2. The van der Waals surface area contributed by atoms with Crippen molar-refractivity contribution in [1.29, 1.82) is 0 Å². The molecule has 0 aliphatic rings. The Bertz CT molecular complexity index is 282. The van der Waals surface area contributed by atoms with Crippen molar-refractivity contribution >= 4 is 17.5 Å². The molecule has 1 rings (SSSR count). The third-order valence-electron chi connectivity index (χ3n) is 2.23. The minimum Gasteiger partial charge on any atom is -0.299 e. The highest BCUT2D eigenvalue weighted by Gasteiger charge is 2.01. The number of hydrogen-bond donors (Lipinski definition) is 0. The maximum atomic E-state index is 11.4. The maximum Gasteiger partial charge on any atom is 0.142 e. The van der Waals surface area contributed by atoms with Crippen molar-refractivity contribution < 1.29 is 4.79 Å². The van der Waals surface area contributed by atoms with Crippen molar-refractivity contribution in [1.82, 2.24) is 0 Å². The normalized spacial score (nSPS) is 10.2. The third-order valence-corrected chi connectivity index (χ3v) is 3.17. The van der Waals surface area contributed by atoms with Crippen LogP contribution in [0, 0.1) is 0 Å². The first-order chi connectivity index (χ1) is 7.33. The van der Waals surface area contributed by atoms with E-state index in [0.29, 0.717) is 11.5 Å². The lowest BCUT2D eigenvalue weighted by molar-refractivity contribution is -0.116. The Morgan fingerprint density at radius 2 is 2.00 bits per heavy atom. The van der Waals surface area contributed by atoms with Gasteiger partial charge in [0.15, 0.2) is 0 Å². The van der Waals surface area contributed by atoms with Gasteiger partial charge in [-0.05, 0) is 24.2 Å². The fourth-order valence-corrected chi connectivity index (χ4v) is 2.00. The summed E-state index contributed by atoms with van der Waals surface area (Å²) >= 11 is 1.71. The summed E-state index contributed by atoms with van der Waals surface area (Å²) in [7, 11) is 0. The van der Waals surface area contributed by atoms with Crippen LogP contribution in [0.25, 0.3) is 0 Å². The van der Waals surface area contributed by atoms with E-state index in [1.807, 2.05) is 18.2 Å². The molecule has 0 unspecified atom stereocenters. The number of ketones is 1. The van der Waals surface area contributed by atoms with Gasteiger partial charge >= 0.3 is 0 Å². The molecule has 0 aliphatic heterocycles. The molecule has 15 heavy (non-hydrogen) atoms. The molecule has 1 aromatic carbocycles. The van der Waals surface area contributed by atoms with Crippen molar-refractivity contribution in [3.63, 3.8) is 0 Å². The van der Waals surface area contributed by atoms with Gasteiger partial charge in [-0.1, -0.05) is 37.3 Å². The van der Waals surface area contributed by atoms with Gasteiger partial charge < -0.3 is 0 Å². The summed E-state index contributed by atoms with van der Waals surface area (Å²) < 4.78 is 0. The Balaban J connectivity index is 2.14. The number of thioether (sulfide) groups is 1. The molecule has 0 N–H and O–H groups in total. The molecule has 0 saturated heterocycles. The molecule has 1 aromatic rings. The molecule has 0 radical (unpaired) electrons. The molecule has 0 amide bonds. The predicted molar refractivity (Wildman–Crippen MR) is 67.4 cm³/mol. The minimum absolute atomic E-state index is 0.387. The van der Waals surface area contributed by atoms with Gasteiger partial charge in [0.05, 0.1) is 5.75 Å². The third kappa shape index (κ3) is 5.63. The second-order valence-electron chi connectivity index (χ2n) is 3.51. The average molecular weight is 222 g/mol. The van der Waals surface area contributed by atoms with Crippen LogP contribution in [0.2, 0.25) is 0 Å². The van der Waals surface area contributed by atoms with Gasteiger partial charge in [-0.15, -0.1) is 0 Å². The summed E-state index contributed by atoms with van der Waals surface area (Å²) in [6.45, 7) is 2.09. The molecule has 0 saturated carbocycles. The van der Waals surface area contributed by atoms with Gasteiger partial charge in [0.2, 0.25) is 0 Å². The second kappa shape index (κ2) is 7.52. The maximum absolute atomic E-state index is 11.4. The zero-order chi connectivity index (χ0) is 10.9. The molecule has 1 nitrogen and oxygen atoms in total. The van der Waals surface area contributed by atoms with Gasteiger partial charge in [0.25, 0.3) is 0 Å². The number of benzene rings is 1. The molecule has 0 spiro atoms. The van der Waals surface area contributed by atoms with Crippen molar-refractivity contribution in [3.8, 4) is 0 Å². The first-order valence-electron chi connectivity index (χ1n) is 5.46. The topological polar surface area (TPSA) is 17.1 Å². The van der Waals surface area contributed by atoms with Crippen molar-refractivity contribution in [2.45, 2.75) is 26.2 Å². The summed E-state index contributed by atoms with van der Waals surface area (Å²) in [6, 6.07) is 10.3. The van der Waals surface area contributed by atoms with Gasteiger partial charge in [-0.2, -0.15) is 11.8 Å². The summed E-state index contributed by atoms with van der Waals surface area (Å²) in [5, 5.41) is 0. The Kier molecular flexibility index (Phi) is 6.17. The van der Waals surface area contributed by atoms with E-state index in [1.165, 1.54) is 5.56 Å². The number of carbonyl (C=O) groups excluding carboxylic acids is 1. The lowest BCUT2D eigenvalue weighted by atomic mass is 10.1. The highest BCUT2D eigenvalue weighted by Crippen LogP contribution is 2.07. The van der Waals surface area contributed by atoms with E-state index >= 15 is 0 Å². The fraction of sp³-hybridized carbons (Fsp3) is 0.462. The van der Waals surface area contributed by atoms with Crippen molar-refractivity contribution in [2.24, 2.45) is 0 Å². The van der Waals surface area contributed by atoms with E-state index in [0.717, 1.165) is 25.0 Å². The summed E-state index contributed by atoms with van der Waals surface area (Å²) in [4.78, 5) is 11.4. The molecule has 0 atom stereocenters. The number of Topliss-reactive ketones (excluding diaryl/α,β-unsaturated/α-hetero) is 1. The SMILES string of the molecule is CCSCC(=O)CCCc1ccccc1. The molecule has 0 aromatic heterocycles. The van der Waals surface area contributed by atoms with Crippen LogP contribution >= 0.6 is 11.8 Å². The zero-order valence-electron chi connectivity index (χ0n) is 9.24. The van der Waals surface area contributed by atoms with Crippen molar-refractivity contribution in [3.05, 3.63) is 35.9 Å². The molecule has 0 aliphatic carbocycles. The van der Waals surface area contributed by atoms with Crippen LogP contribution in [0.3, 0.4) is 0 Å². The molecule has 2 heteroatoms. The van der Waals surface area contributed by atoms with E-state index < -0.39 is 0 Å².